The molecule has 18 heavy (non-hydrogen) atoms. The molecule has 2 aromatic rings. The molecular formula is C14H12BrClN2. The molecule has 0 spiro atoms. The molecule has 0 bridgehead atoms. The summed E-state index contributed by atoms with van der Waals surface area (Å²) in [5.74, 6) is 0.730. The zero-order valence-corrected chi connectivity index (χ0v) is 12.1. The van der Waals surface area contributed by atoms with Gasteiger partial charge in [-0.2, -0.15) is 0 Å². The van der Waals surface area contributed by atoms with E-state index >= 15 is 0 Å². The Morgan fingerprint density at radius 3 is 2.50 bits per heavy atom. The molecular weight excluding hydrogens is 312 g/mol. The van der Waals surface area contributed by atoms with Crippen LogP contribution in [-0.2, 0) is 12.8 Å². The van der Waals surface area contributed by atoms with Gasteiger partial charge in [0.05, 0.1) is 0 Å². The average molecular weight is 324 g/mol. The number of halogens is 2. The summed E-state index contributed by atoms with van der Waals surface area (Å²) in [5.41, 5.74) is 3.27. The maximum absolute atomic E-state index is 6.27. The summed E-state index contributed by atoms with van der Waals surface area (Å²) >= 11 is 9.69. The van der Waals surface area contributed by atoms with Gasteiger partial charge in [-0.25, -0.2) is 9.97 Å². The highest BCUT2D eigenvalue weighted by Gasteiger charge is 2.17. The fourth-order valence-electron chi connectivity index (χ4n) is 2.28. The Morgan fingerprint density at radius 2 is 1.72 bits per heavy atom. The van der Waals surface area contributed by atoms with Gasteiger partial charge < -0.3 is 0 Å². The minimum absolute atomic E-state index is 0.623. The highest BCUT2D eigenvalue weighted by Crippen LogP contribution is 2.28. The summed E-state index contributed by atoms with van der Waals surface area (Å²) in [6.45, 7) is 0. The molecule has 1 aliphatic carbocycles. The van der Waals surface area contributed by atoms with E-state index in [4.69, 9.17) is 11.6 Å². The lowest BCUT2D eigenvalue weighted by Gasteiger charge is -2.16. The first-order chi connectivity index (χ1) is 8.74. The van der Waals surface area contributed by atoms with Crippen LogP contribution in [0.5, 0.6) is 0 Å². The van der Waals surface area contributed by atoms with E-state index in [2.05, 4.69) is 25.9 Å². The highest BCUT2D eigenvalue weighted by molar-refractivity contribution is 9.10. The molecule has 0 fully saturated rings. The summed E-state index contributed by atoms with van der Waals surface area (Å²) in [7, 11) is 0. The van der Waals surface area contributed by atoms with Crippen LogP contribution < -0.4 is 0 Å². The van der Waals surface area contributed by atoms with E-state index in [9.17, 15) is 0 Å². The Balaban J connectivity index is 2.08. The van der Waals surface area contributed by atoms with Crippen molar-refractivity contribution in [2.24, 2.45) is 0 Å². The molecule has 1 aromatic heterocycles. The van der Waals surface area contributed by atoms with Crippen LogP contribution >= 0.6 is 27.5 Å². The molecule has 1 heterocycles. The number of aryl methyl sites for hydroxylation is 1. The van der Waals surface area contributed by atoms with E-state index in [1.54, 1.807) is 0 Å². The third-order valence-electron chi connectivity index (χ3n) is 3.24. The number of benzene rings is 1. The van der Waals surface area contributed by atoms with Gasteiger partial charge in [-0.15, -0.1) is 0 Å². The Labute approximate surface area is 120 Å². The molecule has 92 valence electrons. The highest BCUT2D eigenvalue weighted by atomic mass is 79.9. The van der Waals surface area contributed by atoms with Crippen LogP contribution in [0.1, 0.15) is 24.1 Å². The van der Waals surface area contributed by atoms with Crippen LogP contribution in [0.15, 0.2) is 28.7 Å². The van der Waals surface area contributed by atoms with E-state index in [-0.39, 0.29) is 0 Å². The molecule has 0 aliphatic heterocycles. The first-order valence-corrected chi connectivity index (χ1v) is 7.22. The summed E-state index contributed by atoms with van der Waals surface area (Å²) in [6.07, 6.45) is 4.41. The molecule has 1 aliphatic rings. The summed E-state index contributed by atoms with van der Waals surface area (Å²) < 4.78 is 1.05. The van der Waals surface area contributed by atoms with Crippen molar-refractivity contribution < 1.29 is 0 Å². The average Bonchev–Trinajstić information content (AvgIpc) is 2.39. The predicted molar refractivity (Wildman–Crippen MR) is 76.8 cm³/mol. The van der Waals surface area contributed by atoms with Crippen LogP contribution in [-0.4, -0.2) is 9.97 Å². The van der Waals surface area contributed by atoms with Crippen molar-refractivity contribution in [1.29, 1.82) is 0 Å². The first kappa shape index (κ1) is 12.1. The minimum Gasteiger partial charge on any atom is -0.233 e. The van der Waals surface area contributed by atoms with Crippen LogP contribution in [0.3, 0.4) is 0 Å². The summed E-state index contributed by atoms with van der Waals surface area (Å²) in [4.78, 5) is 9.09. The van der Waals surface area contributed by atoms with Crippen molar-refractivity contribution in [1.82, 2.24) is 9.97 Å². The monoisotopic (exact) mass is 322 g/mol. The van der Waals surface area contributed by atoms with Gasteiger partial charge in [-0.1, -0.05) is 39.7 Å². The zero-order chi connectivity index (χ0) is 12.5. The van der Waals surface area contributed by atoms with Gasteiger partial charge >= 0.3 is 0 Å². The van der Waals surface area contributed by atoms with E-state index < -0.39 is 0 Å². The lowest BCUT2D eigenvalue weighted by atomic mass is 9.97. The second-order valence-corrected chi connectivity index (χ2v) is 5.75. The van der Waals surface area contributed by atoms with Crippen molar-refractivity contribution in [2.75, 3.05) is 0 Å². The van der Waals surface area contributed by atoms with Gasteiger partial charge in [0.1, 0.15) is 5.15 Å². The van der Waals surface area contributed by atoms with Gasteiger partial charge in [0.25, 0.3) is 0 Å². The third kappa shape index (κ3) is 2.29. The van der Waals surface area contributed by atoms with Gasteiger partial charge in [-0.05, 0) is 37.8 Å². The van der Waals surface area contributed by atoms with E-state index in [0.717, 1.165) is 40.0 Å². The zero-order valence-electron chi connectivity index (χ0n) is 9.79. The normalized spacial score (nSPS) is 14.3. The van der Waals surface area contributed by atoms with E-state index in [1.165, 1.54) is 12.8 Å². The molecule has 0 saturated heterocycles. The molecule has 0 saturated carbocycles. The third-order valence-corrected chi connectivity index (χ3v) is 4.08. The largest absolute Gasteiger partial charge is 0.233 e. The lowest BCUT2D eigenvalue weighted by Crippen LogP contribution is -2.08. The van der Waals surface area contributed by atoms with Crippen molar-refractivity contribution in [3.63, 3.8) is 0 Å². The lowest BCUT2D eigenvalue weighted by molar-refractivity contribution is 0.663. The molecule has 3 rings (SSSR count). The fraction of sp³-hybridized carbons (Fsp3) is 0.286. The maximum Gasteiger partial charge on any atom is 0.161 e. The maximum atomic E-state index is 6.27. The quantitative estimate of drug-likeness (QED) is 0.725. The number of hydrogen-bond acceptors (Lipinski definition) is 2. The van der Waals surface area contributed by atoms with Crippen LogP contribution in [0.2, 0.25) is 5.15 Å². The standard InChI is InChI=1S/C14H12BrClN2/c15-10-7-5-9(6-8-10)14-17-12-4-2-1-3-11(12)13(16)18-14/h5-8H,1-4H2. The summed E-state index contributed by atoms with van der Waals surface area (Å²) in [6, 6.07) is 7.99. The SMILES string of the molecule is Clc1nc(-c2ccc(Br)cc2)nc2c1CCCC2. The van der Waals surface area contributed by atoms with Crippen molar-refractivity contribution in [2.45, 2.75) is 25.7 Å². The molecule has 0 unspecified atom stereocenters. The van der Waals surface area contributed by atoms with Crippen LogP contribution in [0, 0.1) is 0 Å². The summed E-state index contributed by atoms with van der Waals surface area (Å²) in [5, 5.41) is 0.623. The number of rotatable bonds is 1. The van der Waals surface area contributed by atoms with Crippen LogP contribution in [0.25, 0.3) is 11.4 Å². The Morgan fingerprint density at radius 1 is 1.00 bits per heavy atom. The predicted octanol–water partition coefficient (Wildman–Crippen LogP) is 4.44. The Hall–Kier alpha value is -0.930. The Bertz CT molecular complexity index is 581. The molecule has 0 N–H and O–H groups in total. The molecule has 2 nitrogen and oxygen atoms in total. The van der Waals surface area contributed by atoms with Gasteiger partial charge in [0, 0.05) is 21.3 Å². The van der Waals surface area contributed by atoms with Gasteiger partial charge in [0.15, 0.2) is 5.82 Å². The smallest absolute Gasteiger partial charge is 0.161 e. The first-order valence-electron chi connectivity index (χ1n) is 6.05. The van der Waals surface area contributed by atoms with Crippen molar-refractivity contribution in [3.8, 4) is 11.4 Å². The second-order valence-electron chi connectivity index (χ2n) is 4.48. The molecule has 1 aromatic carbocycles. The fourth-order valence-corrected chi connectivity index (χ4v) is 2.82. The van der Waals surface area contributed by atoms with Crippen LogP contribution in [0.4, 0.5) is 0 Å². The van der Waals surface area contributed by atoms with E-state index in [1.807, 2.05) is 24.3 Å². The number of hydrogen-bond donors (Lipinski definition) is 0. The van der Waals surface area contributed by atoms with Gasteiger partial charge in [-0.3, -0.25) is 0 Å². The molecule has 0 atom stereocenters. The van der Waals surface area contributed by atoms with Crippen molar-refractivity contribution >= 4 is 27.5 Å². The number of nitrogens with zero attached hydrogens (tertiary/aromatic N) is 2. The molecule has 4 heteroatoms. The Kier molecular flexibility index (Phi) is 3.35. The minimum atomic E-state index is 0.623. The molecule has 0 amide bonds. The topological polar surface area (TPSA) is 25.8 Å². The van der Waals surface area contributed by atoms with E-state index in [0.29, 0.717) is 5.15 Å². The second kappa shape index (κ2) is 4.98. The van der Waals surface area contributed by atoms with Gasteiger partial charge in [0.2, 0.25) is 0 Å². The number of aromatic nitrogens is 2. The number of fused-ring (bicyclic) bond motifs is 1. The van der Waals surface area contributed by atoms with Crippen molar-refractivity contribution in [3.05, 3.63) is 45.1 Å². The molecule has 0 radical (unpaired) electrons.